The second-order valence-electron chi connectivity index (χ2n) is 10.5. The molecule has 3 aromatic rings. The normalized spacial score (nSPS) is 12.6. The van der Waals surface area contributed by atoms with Crippen molar-refractivity contribution in [1.29, 1.82) is 0 Å². The van der Waals surface area contributed by atoms with Gasteiger partial charge >= 0.3 is 0 Å². The molecule has 1 aromatic carbocycles. The van der Waals surface area contributed by atoms with E-state index in [1.54, 1.807) is 0 Å². The first kappa shape index (κ1) is 30.6. The third kappa shape index (κ3) is 9.35. The lowest BCUT2D eigenvalue weighted by molar-refractivity contribution is 0.400. The molecule has 2 aromatic heterocycles. The predicted octanol–water partition coefficient (Wildman–Crippen LogP) is 11.9. The molecule has 0 saturated heterocycles. The Morgan fingerprint density at radius 3 is 1.89 bits per heavy atom. The average Bonchev–Trinajstić information content (AvgIpc) is 3.56. The van der Waals surface area contributed by atoms with E-state index in [0.29, 0.717) is 17.0 Å². The van der Waals surface area contributed by atoms with Crippen LogP contribution >= 0.6 is 39.0 Å². The van der Waals surface area contributed by atoms with Gasteiger partial charge in [-0.2, -0.15) is 8.75 Å². The van der Waals surface area contributed by atoms with E-state index in [0.717, 1.165) is 23.0 Å². The van der Waals surface area contributed by atoms with Crippen LogP contribution in [0, 0.1) is 17.6 Å². The van der Waals surface area contributed by atoms with Crippen molar-refractivity contribution >= 4 is 50.0 Å². The second-order valence-corrected chi connectivity index (χ2v) is 12.7. The molecule has 0 fully saturated rings. The van der Waals surface area contributed by atoms with Crippen LogP contribution in [-0.2, 0) is 6.42 Å². The van der Waals surface area contributed by atoms with Gasteiger partial charge in [-0.1, -0.05) is 117 Å². The summed E-state index contributed by atoms with van der Waals surface area (Å²) >= 11 is 5.61. The number of nitrogens with zero attached hydrogens (tertiary/aromatic N) is 2. The lowest BCUT2D eigenvalue weighted by Crippen LogP contribution is -2.05. The molecule has 37 heavy (non-hydrogen) atoms. The van der Waals surface area contributed by atoms with Crippen molar-refractivity contribution in [2.24, 2.45) is 5.92 Å². The Bertz CT molecular complexity index is 1070. The van der Waals surface area contributed by atoms with Crippen molar-refractivity contribution in [3.05, 3.63) is 33.1 Å². The van der Waals surface area contributed by atoms with Crippen molar-refractivity contribution in [2.75, 3.05) is 0 Å². The number of thiophene rings is 1. The fraction of sp³-hybridized carbons (Fsp3) is 0.667. The molecule has 1 atom stereocenters. The van der Waals surface area contributed by atoms with Crippen LogP contribution in [-0.4, -0.2) is 8.75 Å². The van der Waals surface area contributed by atoms with Crippen LogP contribution in [0.4, 0.5) is 8.78 Å². The van der Waals surface area contributed by atoms with Gasteiger partial charge in [0.15, 0.2) is 11.6 Å². The minimum atomic E-state index is -0.888. The van der Waals surface area contributed by atoms with Gasteiger partial charge in [0.2, 0.25) is 0 Å². The molecule has 1 unspecified atom stereocenters. The highest BCUT2D eigenvalue weighted by atomic mass is 79.9. The van der Waals surface area contributed by atoms with Crippen molar-refractivity contribution in [3.63, 3.8) is 0 Å². The molecule has 0 spiro atoms. The lowest BCUT2D eigenvalue weighted by Gasteiger charge is -2.16. The summed E-state index contributed by atoms with van der Waals surface area (Å²) < 4.78 is 38.1. The molecule has 0 amide bonds. The number of unbranched alkanes of at least 4 members (excludes halogenated alkanes) is 12. The van der Waals surface area contributed by atoms with E-state index in [-0.39, 0.29) is 10.0 Å². The van der Waals surface area contributed by atoms with Crippen LogP contribution < -0.4 is 0 Å². The average molecular weight is 614 g/mol. The van der Waals surface area contributed by atoms with Gasteiger partial charge in [-0.25, -0.2) is 8.78 Å². The summed E-state index contributed by atoms with van der Waals surface area (Å²) in [6.07, 6.45) is 22.2. The van der Waals surface area contributed by atoms with Gasteiger partial charge in [0.05, 0.1) is 21.8 Å². The quantitative estimate of drug-likeness (QED) is 0.0993. The van der Waals surface area contributed by atoms with Gasteiger partial charge in [0.1, 0.15) is 11.0 Å². The smallest absolute Gasteiger partial charge is 0.176 e. The van der Waals surface area contributed by atoms with Crippen LogP contribution in [0.5, 0.6) is 0 Å². The number of hydrogen-bond acceptors (Lipinski definition) is 4. The van der Waals surface area contributed by atoms with E-state index in [4.69, 9.17) is 0 Å². The molecule has 0 saturated carbocycles. The number of rotatable bonds is 19. The Hall–Kier alpha value is -0.920. The zero-order valence-corrected chi connectivity index (χ0v) is 25.8. The second kappa shape index (κ2) is 16.9. The highest BCUT2D eigenvalue weighted by molar-refractivity contribution is 9.10. The third-order valence-electron chi connectivity index (χ3n) is 7.39. The van der Waals surface area contributed by atoms with E-state index < -0.39 is 11.6 Å². The van der Waals surface area contributed by atoms with Gasteiger partial charge < -0.3 is 0 Å². The molecule has 0 bridgehead atoms. The number of benzene rings is 1. The lowest BCUT2D eigenvalue weighted by atomic mass is 9.89. The fourth-order valence-electron chi connectivity index (χ4n) is 5.21. The first-order valence-electron chi connectivity index (χ1n) is 14.4. The molecule has 0 aliphatic heterocycles. The maximum atomic E-state index is 15.0. The molecule has 0 aliphatic carbocycles. The molecular formula is C30H43BrF2N2S2. The summed E-state index contributed by atoms with van der Waals surface area (Å²) in [6.45, 7) is 4.53. The van der Waals surface area contributed by atoms with Gasteiger partial charge in [0, 0.05) is 4.88 Å². The number of fused-ring (bicyclic) bond motifs is 1. The molecule has 0 N–H and O–H groups in total. The molecule has 206 valence electrons. The van der Waals surface area contributed by atoms with Crippen molar-refractivity contribution < 1.29 is 8.78 Å². The molecule has 7 heteroatoms. The van der Waals surface area contributed by atoms with E-state index in [9.17, 15) is 8.78 Å². The minimum Gasteiger partial charge on any atom is -0.203 e. The van der Waals surface area contributed by atoms with E-state index in [2.05, 4.69) is 50.0 Å². The summed E-state index contributed by atoms with van der Waals surface area (Å²) in [5.41, 5.74) is 2.31. The van der Waals surface area contributed by atoms with Gasteiger partial charge in [-0.05, 0) is 45.3 Å². The topological polar surface area (TPSA) is 25.8 Å². The van der Waals surface area contributed by atoms with E-state index >= 15 is 0 Å². The largest absolute Gasteiger partial charge is 0.203 e. The summed E-state index contributed by atoms with van der Waals surface area (Å²) in [4.78, 5) is 0.738. The Balaban J connectivity index is 1.61. The van der Waals surface area contributed by atoms with Crippen molar-refractivity contribution in [1.82, 2.24) is 8.75 Å². The molecule has 3 rings (SSSR count). The summed E-state index contributed by atoms with van der Waals surface area (Å²) in [5, 5.41) is 2.13. The Labute approximate surface area is 239 Å². The fourth-order valence-corrected chi connectivity index (χ4v) is 7.30. The number of halogens is 3. The first-order valence-corrected chi connectivity index (χ1v) is 16.8. The SMILES string of the molecule is CCCCCCCCCCC(CCCCCCCC)Cc1csc(-c2c(F)c(F)c(Br)c3nsnc23)c1. The first-order chi connectivity index (χ1) is 18.1. The number of aromatic nitrogens is 2. The van der Waals surface area contributed by atoms with Gasteiger partial charge in [0.25, 0.3) is 0 Å². The van der Waals surface area contributed by atoms with Crippen molar-refractivity contribution in [3.8, 4) is 10.4 Å². The maximum Gasteiger partial charge on any atom is 0.176 e. The number of hydrogen-bond donors (Lipinski definition) is 0. The highest BCUT2D eigenvalue weighted by Gasteiger charge is 2.24. The Morgan fingerprint density at radius 2 is 1.30 bits per heavy atom. The monoisotopic (exact) mass is 612 g/mol. The van der Waals surface area contributed by atoms with Gasteiger partial charge in [-0.3, -0.25) is 0 Å². The van der Waals surface area contributed by atoms with E-state index in [1.807, 2.05) is 0 Å². The molecular weight excluding hydrogens is 570 g/mol. The van der Waals surface area contributed by atoms with E-state index in [1.165, 1.54) is 120 Å². The Morgan fingerprint density at radius 1 is 0.757 bits per heavy atom. The molecule has 0 aliphatic rings. The Kier molecular flexibility index (Phi) is 14.0. The van der Waals surface area contributed by atoms with Crippen LogP contribution in [0.1, 0.15) is 122 Å². The molecule has 2 nitrogen and oxygen atoms in total. The van der Waals surface area contributed by atoms with Crippen LogP contribution in [0.3, 0.4) is 0 Å². The summed E-state index contributed by atoms with van der Waals surface area (Å²) in [7, 11) is 0. The molecule has 0 radical (unpaired) electrons. The maximum absolute atomic E-state index is 15.0. The summed E-state index contributed by atoms with van der Waals surface area (Å²) in [6, 6.07) is 2.05. The highest BCUT2D eigenvalue weighted by Crippen LogP contribution is 2.40. The van der Waals surface area contributed by atoms with Gasteiger partial charge in [-0.15, -0.1) is 11.3 Å². The van der Waals surface area contributed by atoms with Crippen molar-refractivity contribution in [2.45, 2.75) is 123 Å². The standard InChI is InChI=1S/C30H43BrF2N2S2/c1-3-5-7-9-11-12-14-16-18-22(17-15-13-10-8-6-4-2)19-23-20-24(36-21-23)25-27(32)28(33)26(31)30-29(25)34-37-35-30/h20-22H,3-19H2,1-2H3. The minimum absolute atomic E-state index is 0.0543. The van der Waals surface area contributed by atoms with Crippen LogP contribution in [0.2, 0.25) is 0 Å². The predicted molar refractivity (Wildman–Crippen MR) is 161 cm³/mol. The summed E-state index contributed by atoms with van der Waals surface area (Å²) in [5.74, 6) is -1.08. The van der Waals surface area contributed by atoms with Crippen LogP contribution in [0.15, 0.2) is 15.9 Å². The van der Waals surface area contributed by atoms with Crippen LogP contribution in [0.25, 0.3) is 21.5 Å². The zero-order valence-electron chi connectivity index (χ0n) is 22.6. The zero-order chi connectivity index (χ0) is 26.5. The molecule has 2 heterocycles. The third-order valence-corrected chi connectivity index (χ3v) is 9.64.